The van der Waals surface area contributed by atoms with Crippen molar-refractivity contribution in [2.45, 2.75) is 26.5 Å². The number of halogens is 2. The molecule has 2 aromatic carbocycles. The molecule has 1 aromatic heterocycles. The average molecular weight is 392 g/mol. The van der Waals surface area contributed by atoms with Gasteiger partial charge in [0.1, 0.15) is 6.04 Å². The van der Waals surface area contributed by atoms with Gasteiger partial charge in [0.05, 0.1) is 16.7 Å². The van der Waals surface area contributed by atoms with Crippen molar-refractivity contribution in [2.75, 3.05) is 11.9 Å². The third-order valence-electron chi connectivity index (χ3n) is 3.79. The first-order valence-corrected chi connectivity index (χ1v) is 9.04. The molecule has 0 aliphatic rings. The normalized spacial score (nSPS) is 12.2. The maximum Gasteiger partial charge on any atom is 0.247 e. The van der Waals surface area contributed by atoms with Crippen LogP contribution in [0.4, 0.5) is 5.69 Å². The highest BCUT2D eigenvalue weighted by Crippen LogP contribution is 2.29. The molecule has 0 aliphatic heterocycles. The second-order valence-electron chi connectivity index (χ2n) is 5.77. The summed E-state index contributed by atoms with van der Waals surface area (Å²) in [5.74, 6) is 0.892. The van der Waals surface area contributed by atoms with Crippen molar-refractivity contribution in [3.05, 3.63) is 64.0 Å². The molecular formula is C19H19Cl2N3O2. The molecule has 0 saturated carbocycles. The van der Waals surface area contributed by atoms with Crippen LogP contribution in [0.3, 0.4) is 0 Å². The number of hydrogen-bond acceptors (Lipinski definition) is 5. The molecule has 26 heavy (non-hydrogen) atoms. The fourth-order valence-corrected chi connectivity index (χ4v) is 2.68. The van der Waals surface area contributed by atoms with Gasteiger partial charge in [0.2, 0.25) is 11.8 Å². The SMILES string of the molecule is CCOCc1ccc(N[C@H](C)c2nnc(-c3ccc(Cl)c(Cl)c3)o2)cc1. The smallest absolute Gasteiger partial charge is 0.247 e. The lowest BCUT2D eigenvalue weighted by Gasteiger charge is -2.12. The van der Waals surface area contributed by atoms with Gasteiger partial charge in [0, 0.05) is 17.9 Å². The van der Waals surface area contributed by atoms with Gasteiger partial charge in [-0.05, 0) is 49.7 Å². The monoisotopic (exact) mass is 391 g/mol. The van der Waals surface area contributed by atoms with E-state index in [4.69, 9.17) is 32.4 Å². The maximum absolute atomic E-state index is 6.04. The second kappa shape index (κ2) is 8.54. The van der Waals surface area contributed by atoms with E-state index in [9.17, 15) is 0 Å². The summed E-state index contributed by atoms with van der Waals surface area (Å²) in [4.78, 5) is 0. The zero-order chi connectivity index (χ0) is 18.5. The first kappa shape index (κ1) is 18.7. The number of nitrogens with one attached hydrogen (secondary N) is 1. The van der Waals surface area contributed by atoms with Crippen LogP contribution < -0.4 is 5.32 Å². The second-order valence-corrected chi connectivity index (χ2v) is 6.59. The van der Waals surface area contributed by atoms with Crippen molar-refractivity contribution >= 4 is 28.9 Å². The Morgan fingerprint density at radius 2 is 1.85 bits per heavy atom. The minimum absolute atomic E-state index is 0.142. The van der Waals surface area contributed by atoms with Crippen LogP contribution in [-0.4, -0.2) is 16.8 Å². The first-order valence-electron chi connectivity index (χ1n) is 8.29. The molecule has 3 aromatic rings. The molecule has 0 unspecified atom stereocenters. The summed E-state index contributed by atoms with van der Waals surface area (Å²) in [6, 6.07) is 13.1. The minimum atomic E-state index is -0.142. The predicted octanol–water partition coefficient (Wildman–Crippen LogP) is 5.75. The van der Waals surface area contributed by atoms with Crippen molar-refractivity contribution in [3.8, 4) is 11.5 Å². The van der Waals surface area contributed by atoms with Crippen LogP contribution in [0.5, 0.6) is 0 Å². The highest BCUT2D eigenvalue weighted by atomic mass is 35.5. The summed E-state index contributed by atoms with van der Waals surface area (Å²) in [5, 5.41) is 12.5. The summed E-state index contributed by atoms with van der Waals surface area (Å²) in [6.45, 7) is 5.26. The third kappa shape index (κ3) is 4.55. The van der Waals surface area contributed by atoms with Crippen LogP contribution >= 0.6 is 23.2 Å². The number of aromatic nitrogens is 2. The quantitative estimate of drug-likeness (QED) is 0.555. The molecule has 7 heteroatoms. The van der Waals surface area contributed by atoms with Gasteiger partial charge in [-0.2, -0.15) is 0 Å². The summed E-state index contributed by atoms with van der Waals surface area (Å²) in [5.41, 5.74) is 2.82. The molecular weight excluding hydrogens is 373 g/mol. The Kier molecular flexibility index (Phi) is 6.14. The van der Waals surface area contributed by atoms with Crippen molar-refractivity contribution in [1.82, 2.24) is 10.2 Å². The van der Waals surface area contributed by atoms with Gasteiger partial charge in [0.15, 0.2) is 0 Å². The van der Waals surface area contributed by atoms with Crippen LogP contribution in [0.1, 0.15) is 31.3 Å². The third-order valence-corrected chi connectivity index (χ3v) is 4.53. The zero-order valence-corrected chi connectivity index (χ0v) is 16.0. The number of benzene rings is 2. The van der Waals surface area contributed by atoms with E-state index in [-0.39, 0.29) is 6.04 Å². The zero-order valence-electron chi connectivity index (χ0n) is 14.5. The van der Waals surface area contributed by atoms with Gasteiger partial charge in [-0.1, -0.05) is 35.3 Å². The fraction of sp³-hybridized carbons (Fsp3) is 0.263. The van der Waals surface area contributed by atoms with Crippen LogP contribution in [0.2, 0.25) is 10.0 Å². The molecule has 0 aliphatic carbocycles. The molecule has 3 rings (SSSR count). The fourth-order valence-electron chi connectivity index (χ4n) is 2.38. The maximum atomic E-state index is 6.04. The first-order chi connectivity index (χ1) is 12.6. The van der Waals surface area contributed by atoms with Gasteiger partial charge in [-0.15, -0.1) is 10.2 Å². The number of rotatable bonds is 7. The van der Waals surface area contributed by atoms with Gasteiger partial charge in [0.25, 0.3) is 0 Å². The van der Waals surface area contributed by atoms with Gasteiger partial charge >= 0.3 is 0 Å². The van der Waals surface area contributed by atoms with Crippen molar-refractivity contribution < 1.29 is 9.15 Å². The number of nitrogens with zero attached hydrogens (tertiary/aromatic N) is 2. The largest absolute Gasteiger partial charge is 0.418 e. The molecule has 1 N–H and O–H groups in total. The van der Waals surface area contributed by atoms with E-state index in [0.29, 0.717) is 35.0 Å². The van der Waals surface area contributed by atoms with E-state index in [1.165, 1.54) is 0 Å². The van der Waals surface area contributed by atoms with E-state index >= 15 is 0 Å². The number of hydrogen-bond donors (Lipinski definition) is 1. The average Bonchev–Trinajstić information content (AvgIpc) is 3.14. The standard InChI is InChI=1S/C19H19Cl2N3O2/c1-3-25-11-13-4-7-15(8-5-13)22-12(2)18-23-24-19(26-18)14-6-9-16(20)17(21)10-14/h4-10,12,22H,3,11H2,1-2H3/t12-/m1/s1. The Bertz CT molecular complexity index is 865. The van der Waals surface area contributed by atoms with E-state index < -0.39 is 0 Å². The highest BCUT2D eigenvalue weighted by Gasteiger charge is 2.15. The van der Waals surface area contributed by atoms with Gasteiger partial charge < -0.3 is 14.5 Å². The van der Waals surface area contributed by atoms with E-state index in [0.717, 1.165) is 16.8 Å². The van der Waals surface area contributed by atoms with Crippen LogP contribution in [-0.2, 0) is 11.3 Å². The molecule has 0 bridgehead atoms. The summed E-state index contributed by atoms with van der Waals surface area (Å²) >= 11 is 12.0. The Hall–Kier alpha value is -2.08. The topological polar surface area (TPSA) is 60.2 Å². The molecule has 1 heterocycles. The lowest BCUT2D eigenvalue weighted by Crippen LogP contribution is -2.07. The molecule has 0 radical (unpaired) electrons. The Labute approximate surface area is 162 Å². The summed E-state index contributed by atoms with van der Waals surface area (Å²) in [6.07, 6.45) is 0. The molecule has 5 nitrogen and oxygen atoms in total. The van der Waals surface area contributed by atoms with E-state index in [2.05, 4.69) is 15.5 Å². The highest BCUT2D eigenvalue weighted by molar-refractivity contribution is 6.42. The van der Waals surface area contributed by atoms with Crippen LogP contribution in [0, 0.1) is 0 Å². The van der Waals surface area contributed by atoms with Crippen molar-refractivity contribution in [2.24, 2.45) is 0 Å². The Morgan fingerprint density at radius 3 is 2.54 bits per heavy atom. The summed E-state index contributed by atoms with van der Waals surface area (Å²) in [7, 11) is 0. The number of ether oxygens (including phenoxy) is 1. The lowest BCUT2D eigenvalue weighted by molar-refractivity contribution is 0.134. The lowest BCUT2D eigenvalue weighted by atomic mass is 10.2. The van der Waals surface area contributed by atoms with Crippen LogP contribution in [0.15, 0.2) is 46.9 Å². The summed E-state index contributed by atoms with van der Waals surface area (Å²) < 4.78 is 11.2. The van der Waals surface area contributed by atoms with Crippen molar-refractivity contribution in [3.63, 3.8) is 0 Å². The number of anilines is 1. The predicted molar refractivity (Wildman–Crippen MR) is 104 cm³/mol. The van der Waals surface area contributed by atoms with Gasteiger partial charge in [-0.3, -0.25) is 0 Å². The molecule has 0 fully saturated rings. The van der Waals surface area contributed by atoms with E-state index in [1.54, 1.807) is 18.2 Å². The van der Waals surface area contributed by atoms with E-state index in [1.807, 2.05) is 38.1 Å². The molecule has 1 atom stereocenters. The molecule has 0 spiro atoms. The van der Waals surface area contributed by atoms with Crippen molar-refractivity contribution in [1.29, 1.82) is 0 Å². The van der Waals surface area contributed by atoms with Crippen LogP contribution in [0.25, 0.3) is 11.5 Å². The Balaban J connectivity index is 1.67. The van der Waals surface area contributed by atoms with Gasteiger partial charge in [-0.25, -0.2) is 0 Å². The molecule has 136 valence electrons. The Morgan fingerprint density at radius 1 is 1.08 bits per heavy atom. The minimum Gasteiger partial charge on any atom is -0.418 e. The molecule has 0 amide bonds. The molecule has 0 saturated heterocycles.